The molecule has 1 aromatic rings. The topological polar surface area (TPSA) is 29.3 Å². The first kappa shape index (κ1) is 16.8. The van der Waals surface area contributed by atoms with Crippen molar-refractivity contribution in [3.05, 3.63) is 34.9 Å². The average molecular weight is 309 g/mol. The lowest BCUT2D eigenvalue weighted by Gasteiger charge is -2.51. The van der Waals surface area contributed by atoms with E-state index < -0.39 is 0 Å². The zero-order valence-electron chi connectivity index (χ0n) is 13.8. The smallest absolute Gasteiger partial charge is 0.0406 e. The second-order valence-electron chi connectivity index (χ2n) is 7.46. The molecule has 0 aromatic heterocycles. The molecule has 1 aromatic carbocycles. The Morgan fingerprint density at radius 1 is 1.24 bits per heavy atom. The van der Waals surface area contributed by atoms with E-state index in [1.54, 1.807) is 0 Å². The largest absolute Gasteiger partial charge is 0.329 e. The molecule has 1 aliphatic rings. The van der Waals surface area contributed by atoms with Gasteiger partial charge in [-0.1, -0.05) is 44.0 Å². The first-order valence-electron chi connectivity index (χ1n) is 7.98. The molecule has 1 aliphatic carbocycles. The number of halogens is 1. The lowest BCUT2D eigenvalue weighted by molar-refractivity contribution is 0.00389. The minimum Gasteiger partial charge on any atom is -0.329 e. The molecule has 0 bridgehead atoms. The number of nitrogens with two attached hydrogens (primary N) is 1. The summed E-state index contributed by atoms with van der Waals surface area (Å²) in [5.41, 5.74) is 8.03. The number of likely N-dealkylation sites (N-methyl/N-ethyl adjacent to an activating group) is 1. The minimum atomic E-state index is 0.112. The lowest BCUT2D eigenvalue weighted by Crippen LogP contribution is -2.56. The van der Waals surface area contributed by atoms with Crippen LogP contribution < -0.4 is 5.73 Å². The predicted molar refractivity (Wildman–Crippen MR) is 91.7 cm³/mol. The maximum Gasteiger partial charge on any atom is 0.0406 e. The molecule has 2 atom stereocenters. The Balaban J connectivity index is 2.23. The molecule has 0 heterocycles. The molecule has 0 spiro atoms. The molecule has 118 valence electrons. The number of hydrogen-bond donors (Lipinski definition) is 1. The van der Waals surface area contributed by atoms with Crippen molar-refractivity contribution in [2.75, 3.05) is 13.6 Å². The molecule has 0 aliphatic heterocycles. The van der Waals surface area contributed by atoms with Gasteiger partial charge >= 0.3 is 0 Å². The van der Waals surface area contributed by atoms with Crippen LogP contribution in [0.5, 0.6) is 0 Å². The van der Waals surface area contributed by atoms with Gasteiger partial charge in [-0.15, -0.1) is 0 Å². The Labute approximate surface area is 134 Å². The van der Waals surface area contributed by atoms with E-state index in [0.717, 1.165) is 11.6 Å². The maximum absolute atomic E-state index is 6.24. The van der Waals surface area contributed by atoms with Gasteiger partial charge in [-0.05, 0) is 56.3 Å². The van der Waals surface area contributed by atoms with Crippen LogP contribution in [0.1, 0.15) is 58.1 Å². The summed E-state index contributed by atoms with van der Waals surface area (Å²) in [4.78, 5) is 2.50. The minimum absolute atomic E-state index is 0.112. The van der Waals surface area contributed by atoms with Gasteiger partial charge in [0.05, 0.1) is 0 Å². The summed E-state index contributed by atoms with van der Waals surface area (Å²) in [5.74, 6) is 0. The predicted octanol–water partition coefficient (Wildman–Crippen LogP) is 4.63. The summed E-state index contributed by atoms with van der Waals surface area (Å²) >= 11 is 6.00. The van der Waals surface area contributed by atoms with E-state index >= 15 is 0 Å². The summed E-state index contributed by atoms with van der Waals surface area (Å²) in [5, 5.41) is 0.793. The van der Waals surface area contributed by atoms with E-state index in [1.807, 2.05) is 12.1 Å². The van der Waals surface area contributed by atoms with Crippen LogP contribution in [0.4, 0.5) is 0 Å². The second-order valence-corrected chi connectivity index (χ2v) is 7.90. The summed E-state index contributed by atoms with van der Waals surface area (Å²) in [6.07, 6.45) is 4.94. The monoisotopic (exact) mass is 308 g/mol. The molecule has 0 saturated heterocycles. The Kier molecular flexibility index (Phi) is 5.02. The summed E-state index contributed by atoms with van der Waals surface area (Å²) in [6, 6.07) is 8.55. The molecule has 2 unspecified atom stereocenters. The van der Waals surface area contributed by atoms with Crippen molar-refractivity contribution in [1.82, 2.24) is 4.90 Å². The average Bonchev–Trinajstić information content (AvgIpc) is 2.45. The molecular formula is C18H29ClN2. The highest BCUT2D eigenvalue weighted by molar-refractivity contribution is 6.30. The van der Waals surface area contributed by atoms with E-state index in [4.69, 9.17) is 17.3 Å². The molecular weight excluding hydrogens is 280 g/mol. The van der Waals surface area contributed by atoms with Crippen LogP contribution in [0.2, 0.25) is 5.02 Å². The Hall–Kier alpha value is -0.570. The highest BCUT2D eigenvalue weighted by atomic mass is 35.5. The third kappa shape index (κ3) is 3.61. The summed E-state index contributed by atoms with van der Waals surface area (Å²) < 4.78 is 0. The maximum atomic E-state index is 6.24. The molecule has 2 N–H and O–H groups in total. The SMILES string of the molecule is CC(c1ccc(Cl)cc1)N(C)C1(CN)CCCC(C)(C)C1. The van der Waals surface area contributed by atoms with Gasteiger partial charge in [-0.2, -0.15) is 0 Å². The summed E-state index contributed by atoms with van der Waals surface area (Å²) in [6.45, 7) is 7.74. The normalized spacial score (nSPS) is 26.8. The van der Waals surface area contributed by atoms with E-state index in [0.29, 0.717) is 11.5 Å². The van der Waals surface area contributed by atoms with Crippen LogP contribution in [0, 0.1) is 5.41 Å². The zero-order chi connectivity index (χ0) is 15.7. The van der Waals surface area contributed by atoms with E-state index in [9.17, 15) is 0 Å². The first-order valence-corrected chi connectivity index (χ1v) is 8.36. The second kappa shape index (κ2) is 6.28. The molecule has 0 radical (unpaired) electrons. The zero-order valence-corrected chi connectivity index (χ0v) is 14.6. The van der Waals surface area contributed by atoms with Crippen LogP contribution in [0.3, 0.4) is 0 Å². The fraction of sp³-hybridized carbons (Fsp3) is 0.667. The van der Waals surface area contributed by atoms with Gasteiger partial charge < -0.3 is 5.73 Å². The Morgan fingerprint density at radius 3 is 2.38 bits per heavy atom. The van der Waals surface area contributed by atoms with Crippen molar-refractivity contribution in [3.63, 3.8) is 0 Å². The molecule has 1 fully saturated rings. The van der Waals surface area contributed by atoms with Crippen molar-refractivity contribution >= 4 is 11.6 Å². The van der Waals surface area contributed by atoms with Crippen molar-refractivity contribution in [2.45, 2.75) is 58.0 Å². The van der Waals surface area contributed by atoms with Gasteiger partial charge in [-0.3, -0.25) is 4.90 Å². The quantitative estimate of drug-likeness (QED) is 0.878. The third-order valence-electron chi connectivity index (χ3n) is 5.36. The third-order valence-corrected chi connectivity index (χ3v) is 5.62. The van der Waals surface area contributed by atoms with Crippen molar-refractivity contribution in [1.29, 1.82) is 0 Å². The number of rotatable bonds is 4. The van der Waals surface area contributed by atoms with Gasteiger partial charge in [0.15, 0.2) is 0 Å². The number of hydrogen-bond acceptors (Lipinski definition) is 2. The molecule has 1 saturated carbocycles. The van der Waals surface area contributed by atoms with Gasteiger partial charge in [0.2, 0.25) is 0 Å². The van der Waals surface area contributed by atoms with Gasteiger partial charge in [-0.25, -0.2) is 0 Å². The van der Waals surface area contributed by atoms with E-state index in [1.165, 1.54) is 31.2 Å². The molecule has 0 amide bonds. The molecule has 2 rings (SSSR count). The van der Waals surface area contributed by atoms with Gasteiger partial charge in [0, 0.05) is 23.1 Å². The van der Waals surface area contributed by atoms with Crippen LogP contribution in [0.15, 0.2) is 24.3 Å². The van der Waals surface area contributed by atoms with Crippen molar-refractivity contribution in [3.8, 4) is 0 Å². The standard InChI is InChI=1S/C18H29ClN2/c1-14(15-6-8-16(19)9-7-15)21(4)18(13-20)11-5-10-17(2,3)12-18/h6-9,14H,5,10-13,20H2,1-4H3. The fourth-order valence-electron chi connectivity index (χ4n) is 3.96. The van der Waals surface area contributed by atoms with Crippen molar-refractivity contribution in [2.24, 2.45) is 11.1 Å². The van der Waals surface area contributed by atoms with Crippen LogP contribution in [-0.2, 0) is 0 Å². The Bertz CT molecular complexity index is 469. The van der Waals surface area contributed by atoms with Crippen LogP contribution in [-0.4, -0.2) is 24.0 Å². The first-order chi connectivity index (χ1) is 9.80. The summed E-state index contributed by atoms with van der Waals surface area (Å²) in [7, 11) is 2.23. The van der Waals surface area contributed by atoms with Crippen LogP contribution >= 0.6 is 11.6 Å². The lowest BCUT2D eigenvalue weighted by atomic mass is 9.67. The highest BCUT2D eigenvalue weighted by Gasteiger charge is 2.43. The van der Waals surface area contributed by atoms with E-state index in [2.05, 4.69) is 44.9 Å². The van der Waals surface area contributed by atoms with Gasteiger partial charge in [0.25, 0.3) is 0 Å². The molecule has 2 nitrogen and oxygen atoms in total. The fourth-order valence-corrected chi connectivity index (χ4v) is 4.08. The van der Waals surface area contributed by atoms with Crippen LogP contribution in [0.25, 0.3) is 0 Å². The van der Waals surface area contributed by atoms with Gasteiger partial charge in [0.1, 0.15) is 0 Å². The van der Waals surface area contributed by atoms with E-state index in [-0.39, 0.29) is 5.54 Å². The van der Waals surface area contributed by atoms with Crippen molar-refractivity contribution < 1.29 is 0 Å². The molecule has 21 heavy (non-hydrogen) atoms. The molecule has 3 heteroatoms. The Morgan fingerprint density at radius 2 is 1.86 bits per heavy atom. The number of nitrogens with zero attached hydrogens (tertiary/aromatic N) is 1. The highest BCUT2D eigenvalue weighted by Crippen LogP contribution is 2.45. The number of benzene rings is 1.